The van der Waals surface area contributed by atoms with Gasteiger partial charge in [-0.1, -0.05) is 0 Å². The smallest absolute Gasteiger partial charge is 0.203 e. The van der Waals surface area contributed by atoms with Crippen molar-refractivity contribution in [2.24, 2.45) is 5.10 Å². The first kappa shape index (κ1) is 15.2. The van der Waals surface area contributed by atoms with Crippen LogP contribution >= 0.6 is 11.3 Å². The van der Waals surface area contributed by atoms with Crippen LogP contribution in [0.25, 0.3) is 11.3 Å². The van der Waals surface area contributed by atoms with Gasteiger partial charge in [0.25, 0.3) is 0 Å². The minimum Gasteiger partial charge on any atom is -0.497 e. The average molecular weight is 324 g/mol. The first-order chi connectivity index (χ1) is 11.3. The van der Waals surface area contributed by atoms with Crippen LogP contribution in [0.5, 0.6) is 5.75 Å². The second-order valence-corrected chi connectivity index (χ2v) is 5.68. The van der Waals surface area contributed by atoms with Gasteiger partial charge in [0.05, 0.1) is 18.5 Å². The molecule has 3 rings (SSSR count). The Labute approximate surface area is 138 Å². The largest absolute Gasteiger partial charge is 0.497 e. The Hall–Kier alpha value is -2.73. The number of ether oxygens (including phenoxy) is 1. The number of hydrogen-bond donors (Lipinski definition) is 1. The Morgan fingerprint density at radius 3 is 2.74 bits per heavy atom. The van der Waals surface area contributed by atoms with Crippen molar-refractivity contribution in [3.8, 4) is 17.0 Å². The number of aromatic nitrogens is 2. The van der Waals surface area contributed by atoms with Gasteiger partial charge in [-0.25, -0.2) is 4.98 Å². The first-order valence-electron chi connectivity index (χ1n) is 7.07. The molecule has 0 saturated heterocycles. The highest BCUT2D eigenvalue weighted by atomic mass is 32.1. The third kappa shape index (κ3) is 3.73. The number of nitrogens with one attached hydrogen (secondary N) is 1. The Bertz CT molecular complexity index is 797. The third-order valence-corrected chi connectivity index (χ3v) is 4.04. The molecule has 0 aliphatic carbocycles. The van der Waals surface area contributed by atoms with E-state index in [1.165, 1.54) is 11.3 Å². The zero-order valence-corrected chi connectivity index (χ0v) is 13.7. The van der Waals surface area contributed by atoms with Crippen LogP contribution in [-0.2, 0) is 0 Å². The quantitative estimate of drug-likeness (QED) is 0.568. The molecule has 0 spiro atoms. The monoisotopic (exact) mass is 324 g/mol. The van der Waals surface area contributed by atoms with Crippen LogP contribution in [0.2, 0.25) is 0 Å². The number of hydrazone groups is 1. The summed E-state index contributed by atoms with van der Waals surface area (Å²) < 4.78 is 5.15. The zero-order valence-electron chi connectivity index (χ0n) is 12.9. The third-order valence-electron chi connectivity index (χ3n) is 3.29. The molecule has 6 heteroatoms. The highest BCUT2D eigenvalue weighted by molar-refractivity contribution is 7.14. The molecule has 23 heavy (non-hydrogen) atoms. The van der Waals surface area contributed by atoms with Gasteiger partial charge in [-0.15, -0.1) is 11.3 Å². The van der Waals surface area contributed by atoms with Gasteiger partial charge in [0.15, 0.2) is 0 Å². The standard InChI is InChI=1S/C17H16N4OS/c1-12(13-5-7-15(22-2)8-6-13)20-21-17-19-16(11-23-17)14-4-3-9-18-10-14/h3-11H,1-2H3,(H,19,21)/b20-12-. The molecule has 0 atom stereocenters. The van der Waals surface area contributed by atoms with Crippen LogP contribution in [0.4, 0.5) is 5.13 Å². The van der Waals surface area contributed by atoms with E-state index in [4.69, 9.17) is 4.74 Å². The average Bonchev–Trinajstić information content (AvgIpc) is 3.09. The molecule has 2 heterocycles. The number of rotatable bonds is 5. The lowest BCUT2D eigenvalue weighted by Crippen LogP contribution is -1.99. The molecule has 0 aliphatic heterocycles. The van der Waals surface area contributed by atoms with Gasteiger partial charge in [-0.2, -0.15) is 5.10 Å². The summed E-state index contributed by atoms with van der Waals surface area (Å²) in [5.41, 5.74) is 6.80. The maximum absolute atomic E-state index is 5.15. The van der Waals surface area contributed by atoms with Gasteiger partial charge in [0.2, 0.25) is 5.13 Å². The van der Waals surface area contributed by atoms with Gasteiger partial charge in [-0.3, -0.25) is 10.4 Å². The van der Waals surface area contributed by atoms with E-state index in [9.17, 15) is 0 Å². The molecule has 0 unspecified atom stereocenters. The molecule has 0 amide bonds. The zero-order chi connectivity index (χ0) is 16.1. The van der Waals surface area contributed by atoms with Crippen molar-refractivity contribution in [1.29, 1.82) is 0 Å². The van der Waals surface area contributed by atoms with Crippen molar-refractivity contribution in [2.45, 2.75) is 6.92 Å². The molecule has 0 aliphatic rings. The minimum atomic E-state index is 0.747. The molecule has 0 radical (unpaired) electrons. The van der Waals surface area contributed by atoms with Crippen molar-refractivity contribution in [3.63, 3.8) is 0 Å². The van der Waals surface area contributed by atoms with Gasteiger partial charge >= 0.3 is 0 Å². The van der Waals surface area contributed by atoms with E-state index in [2.05, 4.69) is 20.5 Å². The lowest BCUT2D eigenvalue weighted by Gasteiger charge is -2.03. The van der Waals surface area contributed by atoms with Crippen LogP contribution in [0.1, 0.15) is 12.5 Å². The summed E-state index contributed by atoms with van der Waals surface area (Å²) in [6.45, 7) is 1.95. The lowest BCUT2D eigenvalue weighted by molar-refractivity contribution is 0.415. The van der Waals surface area contributed by atoms with E-state index < -0.39 is 0 Å². The van der Waals surface area contributed by atoms with Crippen molar-refractivity contribution in [3.05, 3.63) is 59.7 Å². The summed E-state index contributed by atoms with van der Waals surface area (Å²) in [5, 5.41) is 7.12. The molecule has 2 aromatic heterocycles. The second-order valence-electron chi connectivity index (χ2n) is 4.82. The topological polar surface area (TPSA) is 59.4 Å². The summed E-state index contributed by atoms with van der Waals surface area (Å²) in [6, 6.07) is 11.7. The molecule has 1 aromatic carbocycles. The number of anilines is 1. The predicted molar refractivity (Wildman–Crippen MR) is 94.2 cm³/mol. The number of thiazole rings is 1. The van der Waals surface area contributed by atoms with Crippen LogP contribution in [0.3, 0.4) is 0 Å². The molecule has 116 valence electrons. The maximum atomic E-state index is 5.15. The fourth-order valence-corrected chi connectivity index (χ4v) is 2.66. The Morgan fingerprint density at radius 1 is 1.22 bits per heavy atom. The van der Waals surface area contributed by atoms with Crippen LogP contribution in [0, 0.1) is 0 Å². The van der Waals surface area contributed by atoms with E-state index in [1.807, 2.05) is 48.7 Å². The molecule has 0 fully saturated rings. The summed E-state index contributed by atoms with van der Waals surface area (Å²) in [6.07, 6.45) is 3.54. The minimum absolute atomic E-state index is 0.747. The van der Waals surface area contributed by atoms with Crippen LogP contribution < -0.4 is 10.2 Å². The fraction of sp³-hybridized carbons (Fsp3) is 0.118. The molecule has 1 N–H and O–H groups in total. The number of pyridine rings is 1. The van der Waals surface area contributed by atoms with Crippen LogP contribution in [-0.4, -0.2) is 22.8 Å². The molecule has 0 saturated carbocycles. The first-order valence-corrected chi connectivity index (χ1v) is 7.95. The summed E-state index contributed by atoms with van der Waals surface area (Å²) in [5.74, 6) is 0.829. The Balaban J connectivity index is 1.70. The van der Waals surface area contributed by atoms with Gasteiger partial charge in [0.1, 0.15) is 5.75 Å². The molecule has 5 nitrogen and oxygen atoms in total. The number of nitrogens with zero attached hydrogens (tertiary/aromatic N) is 3. The van der Waals surface area contributed by atoms with E-state index in [0.29, 0.717) is 0 Å². The van der Waals surface area contributed by atoms with Gasteiger partial charge in [0, 0.05) is 23.3 Å². The number of methoxy groups -OCH3 is 1. The maximum Gasteiger partial charge on any atom is 0.203 e. The normalized spacial score (nSPS) is 11.3. The summed E-state index contributed by atoms with van der Waals surface area (Å²) in [4.78, 5) is 8.62. The van der Waals surface area contributed by atoms with Crippen molar-refractivity contribution in [1.82, 2.24) is 9.97 Å². The molecular weight excluding hydrogens is 308 g/mol. The van der Waals surface area contributed by atoms with E-state index in [1.54, 1.807) is 19.5 Å². The van der Waals surface area contributed by atoms with E-state index in [0.717, 1.165) is 33.4 Å². The number of benzene rings is 1. The Morgan fingerprint density at radius 2 is 2.04 bits per heavy atom. The van der Waals surface area contributed by atoms with E-state index in [-0.39, 0.29) is 0 Å². The van der Waals surface area contributed by atoms with Crippen molar-refractivity contribution >= 4 is 22.2 Å². The highest BCUT2D eigenvalue weighted by Crippen LogP contribution is 2.24. The van der Waals surface area contributed by atoms with Crippen molar-refractivity contribution < 1.29 is 4.74 Å². The summed E-state index contributed by atoms with van der Waals surface area (Å²) >= 11 is 1.51. The van der Waals surface area contributed by atoms with Gasteiger partial charge < -0.3 is 4.74 Å². The fourth-order valence-electron chi connectivity index (χ4n) is 2.00. The van der Waals surface area contributed by atoms with Crippen molar-refractivity contribution in [2.75, 3.05) is 12.5 Å². The molecule has 3 aromatic rings. The Kier molecular flexibility index (Phi) is 4.63. The highest BCUT2D eigenvalue weighted by Gasteiger charge is 2.04. The van der Waals surface area contributed by atoms with E-state index >= 15 is 0 Å². The van der Waals surface area contributed by atoms with Crippen LogP contribution in [0.15, 0.2) is 59.3 Å². The summed E-state index contributed by atoms with van der Waals surface area (Å²) in [7, 11) is 1.65. The lowest BCUT2D eigenvalue weighted by atomic mass is 10.1. The molecular formula is C17H16N4OS. The number of hydrogen-bond acceptors (Lipinski definition) is 6. The SMILES string of the molecule is COc1ccc(/C(C)=N\Nc2nc(-c3cccnc3)cs2)cc1. The van der Waals surface area contributed by atoms with Gasteiger partial charge in [-0.05, 0) is 48.9 Å². The second kappa shape index (κ2) is 7.02. The molecule has 0 bridgehead atoms. The predicted octanol–water partition coefficient (Wildman–Crippen LogP) is 4.05.